The molecular weight excluding hydrogens is 413 g/mol. The molecule has 0 atom stereocenters. The lowest BCUT2D eigenvalue weighted by Gasteiger charge is -2.16. The molecule has 2 rings (SSSR count). The zero-order valence-corrected chi connectivity index (χ0v) is 16.9. The van der Waals surface area contributed by atoms with Gasteiger partial charge in [0.1, 0.15) is 6.54 Å². The van der Waals surface area contributed by atoms with Crippen LogP contribution in [0.4, 0.5) is 0 Å². The average molecular weight is 430 g/mol. The standard InChI is InChI=1S/C18H17Cl2NO5S/c1-12-3-6-14(7-4-12)27(24,25)21(2)10-18(23)26-11-17(22)15-8-5-13(19)9-16(15)20/h3-9H,10-11H2,1-2H3. The average Bonchev–Trinajstić information content (AvgIpc) is 2.60. The van der Waals surface area contributed by atoms with Crippen molar-refractivity contribution in [1.82, 2.24) is 4.31 Å². The van der Waals surface area contributed by atoms with Gasteiger partial charge in [-0.25, -0.2) is 8.42 Å². The SMILES string of the molecule is Cc1ccc(S(=O)(=O)N(C)CC(=O)OCC(=O)c2ccc(Cl)cc2Cl)cc1. The van der Waals surface area contributed by atoms with E-state index in [0.717, 1.165) is 9.87 Å². The van der Waals surface area contributed by atoms with E-state index in [-0.39, 0.29) is 15.5 Å². The van der Waals surface area contributed by atoms with Gasteiger partial charge in [0.2, 0.25) is 15.8 Å². The van der Waals surface area contributed by atoms with E-state index < -0.39 is 34.9 Å². The molecule has 27 heavy (non-hydrogen) atoms. The van der Waals surface area contributed by atoms with Crippen molar-refractivity contribution in [3.8, 4) is 0 Å². The zero-order chi connectivity index (χ0) is 20.2. The molecule has 0 radical (unpaired) electrons. The Labute approximate surface area is 167 Å². The number of hydrogen-bond donors (Lipinski definition) is 0. The van der Waals surface area contributed by atoms with Gasteiger partial charge < -0.3 is 4.74 Å². The fourth-order valence-corrected chi connectivity index (χ4v) is 3.77. The van der Waals surface area contributed by atoms with Crippen molar-refractivity contribution < 1.29 is 22.7 Å². The van der Waals surface area contributed by atoms with Crippen LogP contribution in [0, 0.1) is 6.92 Å². The van der Waals surface area contributed by atoms with Gasteiger partial charge in [-0.1, -0.05) is 40.9 Å². The molecule has 6 nitrogen and oxygen atoms in total. The minimum Gasteiger partial charge on any atom is -0.456 e. The zero-order valence-electron chi connectivity index (χ0n) is 14.6. The predicted molar refractivity (Wildman–Crippen MR) is 103 cm³/mol. The van der Waals surface area contributed by atoms with Gasteiger partial charge in [0.15, 0.2) is 6.61 Å². The Kier molecular flexibility index (Phi) is 7.00. The van der Waals surface area contributed by atoms with Crippen LogP contribution in [0.5, 0.6) is 0 Å². The maximum atomic E-state index is 12.4. The predicted octanol–water partition coefficient (Wildman–Crippen LogP) is 3.35. The topological polar surface area (TPSA) is 80.8 Å². The molecule has 0 unspecified atom stereocenters. The van der Waals surface area contributed by atoms with Crippen molar-refractivity contribution >= 4 is 45.0 Å². The van der Waals surface area contributed by atoms with Gasteiger partial charge in [0.25, 0.3) is 0 Å². The summed E-state index contributed by atoms with van der Waals surface area (Å²) in [6.07, 6.45) is 0. The molecule has 0 heterocycles. The van der Waals surface area contributed by atoms with Gasteiger partial charge in [-0.15, -0.1) is 0 Å². The lowest BCUT2D eigenvalue weighted by Crippen LogP contribution is -2.33. The summed E-state index contributed by atoms with van der Waals surface area (Å²) < 4.78 is 30.6. The Morgan fingerprint density at radius 3 is 2.30 bits per heavy atom. The number of halogens is 2. The largest absolute Gasteiger partial charge is 0.456 e. The number of likely N-dealkylation sites (N-methyl/N-ethyl adjacent to an activating group) is 1. The molecule has 0 saturated carbocycles. The van der Waals surface area contributed by atoms with Crippen molar-refractivity contribution in [3.05, 3.63) is 63.6 Å². The Morgan fingerprint density at radius 1 is 1.07 bits per heavy atom. The van der Waals surface area contributed by atoms with E-state index in [9.17, 15) is 18.0 Å². The van der Waals surface area contributed by atoms with Crippen LogP contribution in [0.25, 0.3) is 0 Å². The molecule has 0 aromatic heterocycles. The Bertz CT molecular complexity index is 958. The molecule has 0 fully saturated rings. The van der Waals surface area contributed by atoms with Crippen molar-refractivity contribution in [2.45, 2.75) is 11.8 Å². The van der Waals surface area contributed by atoms with E-state index in [0.29, 0.717) is 5.02 Å². The fourth-order valence-electron chi connectivity index (χ4n) is 2.14. The van der Waals surface area contributed by atoms with Gasteiger partial charge in [0, 0.05) is 17.6 Å². The maximum Gasteiger partial charge on any atom is 0.321 e. The number of ether oxygens (including phenoxy) is 1. The van der Waals surface area contributed by atoms with Crippen molar-refractivity contribution in [2.75, 3.05) is 20.2 Å². The number of rotatable bonds is 7. The number of benzene rings is 2. The Hall–Kier alpha value is -1.93. The highest BCUT2D eigenvalue weighted by Gasteiger charge is 2.24. The Morgan fingerprint density at radius 2 is 1.70 bits per heavy atom. The molecule has 0 spiro atoms. The summed E-state index contributed by atoms with van der Waals surface area (Å²) in [7, 11) is -2.58. The normalized spacial score (nSPS) is 11.4. The number of hydrogen-bond acceptors (Lipinski definition) is 5. The maximum absolute atomic E-state index is 12.4. The van der Waals surface area contributed by atoms with E-state index in [1.807, 2.05) is 6.92 Å². The first kappa shape index (κ1) is 21.4. The van der Waals surface area contributed by atoms with Gasteiger partial charge in [-0.05, 0) is 37.3 Å². The first-order chi connectivity index (χ1) is 12.6. The summed E-state index contributed by atoms with van der Waals surface area (Å²) in [5.41, 5.74) is 1.07. The van der Waals surface area contributed by atoms with Crippen LogP contribution in [0.15, 0.2) is 47.4 Å². The van der Waals surface area contributed by atoms with Crippen molar-refractivity contribution in [1.29, 1.82) is 0 Å². The number of sulfonamides is 1. The number of aryl methyl sites for hydroxylation is 1. The van der Waals surface area contributed by atoms with Crippen LogP contribution in [-0.2, 0) is 19.6 Å². The Balaban J connectivity index is 1.96. The van der Waals surface area contributed by atoms with Crippen LogP contribution in [0.1, 0.15) is 15.9 Å². The third-order valence-corrected chi connectivity index (χ3v) is 6.04. The highest BCUT2D eigenvalue weighted by atomic mass is 35.5. The second-order valence-electron chi connectivity index (χ2n) is 5.78. The highest BCUT2D eigenvalue weighted by Crippen LogP contribution is 2.21. The molecular formula is C18H17Cl2NO5S. The monoisotopic (exact) mass is 429 g/mol. The molecule has 9 heteroatoms. The highest BCUT2D eigenvalue weighted by molar-refractivity contribution is 7.89. The lowest BCUT2D eigenvalue weighted by molar-refractivity contribution is -0.142. The van der Waals surface area contributed by atoms with Crippen LogP contribution in [0.2, 0.25) is 10.0 Å². The molecule has 0 aliphatic heterocycles. The summed E-state index contributed by atoms with van der Waals surface area (Å²) >= 11 is 11.7. The first-order valence-corrected chi connectivity index (χ1v) is 9.97. The summed E-state index contributed by atoms with van der Waals surface area (Å²) in [4.78, 5) is 24.1. The lowest BCUT2D eigenvalue weighted by atomic mass is 10.1. The van der Waals surface area contributed by atoms with E-state index in [1.165, 1.54) is 37.4 Å². The van der Waals surface area contributed by atoms with Crippen molar-refractivity contribution in [2.24, 2.45) is 0 Å². The van der Waals surface area contributed by atoms with Gasteiger partial charge in [-0.2, -0.15) is 4.31 Å². The number of esters is 1. The van der Waals surface area contributed by atoms with Crippen LogP contribution < -0.4 is 0 Å². The molecule has 0 bridgehead atoms. The number of Topliss-reactive ketones (excluding diaryl/α,β-unsaturated/α-hetero) is 1. The number of nitrogens with zero attached hydrogens (tertiary/aromatic N) is 1. The molecule has 2 aromatic carbocycles. The van der Waals surface area contributed by atoms with E-state index in [4.69, 9.17) is 27.9 Å². The smallest absolute Gasteiger partial charge is 0.321 e. The second-order valence-corrected chi connectivity index (χ2v) is 8.67. The molecule has 2 aromatic rings. The van der Waals surface area contributed by atoms with E-state index in [1.54, 1.807) is 12.1 Å². The van der Waals surface area contributed by atoms with Gasteiger partial charge in [-0.3, -0.25) is 9.59 Å². The van der Waals surface area contributed by atoms with E-state index >= 15 is 0 Å². The third-order valence-electron chi connectivity index (χ3n) is 3.68. The third kappa shape index (κ3) is 5.52. The molecule has 0 aliphatic carbocycles. The molecule has 0 saturated heterocycles. The number of carbonyl (C=O) groups excluding carboxylic acids is 2. The van der Waals surface area contributed by atoms with Crippen molar-refractivity contribution in [3.63, 3.8) is 0 Å². The molecule has 0 amide bonds. The first-order valence-electron chi connectivity index (χ1n) is 7.78. The minimum atomic E-state index is -3.84. The summed E-state index contributed by atoms with van der Waals surface area (Å²) in [5, 5.41) is 0.513. The fraction of sp³-hybridized carbons (Fsp3) is 0.222. The van der Waals surface area contributed by atoms with Crippen LogP contribution in [0.3, 0.4) is 0 Å². The van der Waals surface area contributed by atoms with Gasteiger partial charge in [0.05, 0.1) is 9.92 Å². The van der Waals surface area contributed by atoms with E-state index in [2.05, 4.69) is 0 Å². The molecule has 144 valence electrons. The summed E-state index contributed by atoms with van der Waals surface area (Å²) in [6.45, 7) is 0.748. The summed E-state index contributed by atoms with van der Waals surface area (Å²) in [5.74, 6) is -1.37. The minimum absolute atomic E-state index is 0.0624. The second kappa shape index (κ2) is 8.84. The number of ketones is 1. The quantitative estimate of drug-likeness (QED) is 0.497. The van der Waals surface area contributed by atoms with Crippen LogP contribution >= 0.6 is 23.2 Å². The van der Waals surface area contributed by atoms with Gasteiger partial charge >= 0.3 is 5.97 Å². The summed E-state index contributed by atoms with van der Waals surface area (Å²) in [6, 6.07) is 10.6. The number of carbonyl (C=O) groups is 2. The van der Waals surface area contributed by atoms with Crippen LogP contribution in [-0.4, -0.2) is 44.7 Å². The molecule has 0 aliphatic rings. The molecule has 0 N–H and O–H groups in total.